The van der Waals surface area contributed by atoms with Gasteiger partial charge in [-0.25, -0.2) is 0 Å². The minimum Gasteiger partial charge on any atom is -0.456 e. The molecule has 306 valence electrons. The van der Waals surface area contributed by atoms with Gasteiger partial charge in [-0.3, -0.25) is 0 Å². The maximum atomic E-state index is 7.01. The van der Waals surface area contributed by atoms with Crippen LogP contribution in [-0.2, 0) is 0 Å². The molecule has 4 aromatic heterocycles. The molecular formula is C62H34O4. The van der Waals surface area contributed by atoms with Crippen LogP contribution in [-0.4, -0.2) is 0 Å². The van der Waals surface area contributed by atoms with Crippen molar-refractivity contribution in [3.05, 3.63) is 206 Å². The Morgan fingerprint density at radius 2 is 0.606 bits per heavy atom. The minimum atomic E-state index is 0.833. The van der Waals surface area contributed by atoms with E-state index in [1.54, 1.807) is 0 Å². The summed E-state index contributed by atoms with van der Waals surface area (Å²) in [7, 11) is 0. The molecule has 0 aliphatic carbocycles. The Balaban J connectivity index is 1.00. The van der Waals surface area contributed by atoms with Crippen molar-refractivity contribution in [3.63, 3.8) is 0 Å². The highest BCUT2D eigenvalue weighted by Crippen LogP contribution is 2.52. The fraction of sp³-hybridized carbons (Fsp3) is 0. The van der Waals surface area contributed by atoms with Gasteiger partial charge in [0.15, 0.2) is 0 Å². The van der Waals surface area contributed by atoms with Crippen molar-refractivity contribution >= 4 is 109 Å². The minimum absolute atomic E-state index is 0.833. The van der Waals surface area contributed by atoms with Crippen LogP contribution in [0, 0.1) is 0 Å². The predicted molar refractivity (Wildman–Crippen MR) is 272 cm³/mol. The normalized spacial score (nSPS) is 12.2. The average Bonchev–Trinajstić information content (AvgIpc) is 4.16. The number of rotatable bonds is 4. The summed E-state index contributed by atoms with van der Waals surface area (Å²) in [5.41, 5.74) is 15.5. The lowest BCUT2D eigenvalue weighted by molar-refractivity contribution is 0.665. The van der Waals surface area contributed by atoms with Crippen molar-refractivity contribution < 1.29 is 17.7 Å². The van der Waals surface area contributed by atoms with Gasteiger partial charge in [-0.15, -0.1) is 0 Å². The first-order valence-electron chi connectivity index (χ1n) is 22.4. The van der Waals surface area contributed by atoms with Crippen LogP contribution in [0.4, 0.5) is 0 Å². The maximum Gasteiger partial charge on any atom is 0.144 e. The van der Waals surface area contributed by atoms with Crippen LogP contribution in [0.1, 0.15) is 0 Å². The SMILES string of the molecule is c1ccc2c(c1)oc1cc(-c3ccc(-c4c5ccccc5c(-c5ccc(-c6cccc7c6oc6ccccc67)c6oc7ccccc7c56)c5ccccc45)c4oc5ccccc5c34)ccc12. The molecule has 15 aromatic rings. The Kier molecular flexibility index (Phi) is 7.19. The van der Waals surface area contributed by atoms with E-state index in [1.165, 1.54) is 0 Å². The third-order valence-corrected chi connectivity index (χ3v) is 13.9. The van der Waals surface area contributed by atoms with Gasteiger partial charge in [0.25, 0.3) is 0 Å². The van der Waals surface area contributed by atoms with Crippen molar-refractivity contribution in [3.8, 4) is 44.5 Å². The number of hydrogen-bond donors (Lipinski definition) is 0. The summed E-state index contributed by atoms with van der Waals surface area (Å²) >= 11 is 0. The van der Waals surface area contributed by atoms with Gasteiger partial charge in [-0.1, -0.05) is 158 Å². The molecule has 0 atom stereocenters. The molecule has 0 amide bonds. The molecule has 11 aromatic carbocycles. The highest BCUT2D eigenvalue weighted by atomic mass is 16.3. The van der Waals surface area contributed by atoms with E-state index in [0.29, 0.717) is 0 Å². The summed E-state index contributed by atoms with van der Waals surface area (Å²) in [6.45, 7) is 0. The molecule has 0 fully saturated rings. The van der Waals surface area contributed by atoms with Gasteiger partial charge in [-0.2, -0.15) is 0 Å². The summed E-state index contributed by atoms with van der Waals surface area (Å²) in [5, 5.41) is 13.3. The van der Waals surface area contributed by atoms with Crippen molar-refractivity contribution in [1.29, 1.82) is 0 Å². The third-order valence-electron chi connectivity index (χ3n) is 13.9. The Hall–Kier alpha value is -8.86. The van der Waals surface area contributed by atoms with E-state index in [1.807, 2.05) is 36.4 Å². The molecule has 4 heteroatoms. The summed E-state index contributed by atoms with van der Waals surface area (Å²) in [5.74, 6) is 0. The Morgan fingerprint density at radius 1 is 0.212 bits per heavy atom. The predicted octanol–water partition coefficient (Wildman–Crippen LogP) is 18.3. The van der Waals surface area contributed by atoms with Crippen LogP contribution in [0.15, 0.2) is 224 Å². The van der Waals surface area contributed by atoms with Crippen molar-refractivity contribution in [2.24, 2.45) is 0 Å². The van der Waals surface area contributed by atoms with Crippen LogP contribution in [0.2, 0.25) is 0 Å². The van der Waals surface area contributed by atoms with Gasteiger partial charge < -0.3 is 17.7 Å². The zero-order valence-electron chi connectivity index (χ0n) is 35.3. The van der Waals surface area contributed by atoms with Gasteiger partial charge in [0.2, 0.25) is 0 Å². The Morgan fingerprint density at radius 3 is 1.24 bits per heavy atom. The van der Waals surface area contributed by atoms with E-state index in [-0.39, 0.29) is 0 Å². The van der Waals surface area contributed by atoms with Gasteiger partial charge in [0.1, 0.15) is 44.7 Å². The monoisotopic (exact) mass is 842 g/mol. The highest BCUT2D eigenvalue weighted by molar-refractivity contribution is 6.29. The molecule has 4 nitrogen and oxygen atoms in total. The summed E-state index contributed by atoms with van der Waals surface area (Å²) in [4.78, 5) is 0. The lowest BCUT2D eigenvalue weighted by Gasteiger charge is -2.19. The molecule has 0 aliphatic heterocycles. The highest BCUT2D eigenvalue weighted by Gasteiger charge is 2.26. The number of fused-ring (bicyclic) bond motifs is 14. The second kappa shape index (κ2) is 13.3. The Labute approximate surface area is 376 Å². The summed E-state index contributed by atoms with van der Waals surface area (Å²) in [6.07, 6.45) is 0. The number of benzene rings is 11. The van der Waals surface area contributed by atoms with Crippen LogP contribution < -0.4 is 0 Å². The van der Waals surface area contributed by atoms with E-state index in [0.717, 1.165) is 154 Å². The molecule has 0 saturated heterocycles. The third kappa shape index (κ3) is 4.87. The Bertz CT molecular complexity index is 4480. The quantitative estimate of drug-likeness (QED) is 0.166. The molecule has 0 unspecified atom stereocenters. The second-order valence-corrected chi connectivity index (χ2v) is 17.4. The molecule has 0 radical (unpaired) electrons. The van der Waals surface area contributed by atoms with E-state index in [2.05, 4.69) is 170 Å². The van der Waals surface area contributed by atoms with E-state index >= 15 is 0 Å². The lowest BCUT2D eigenvalue weighted by atomic mass is 9.83. The molecule has 0 bridgehead atoms. The standard InChI is InChI=1S/C62H34O4/c1-3-18-42-40(16-1)56(49-32-31-46(61-59(49)48-21-8-12-27-54(48)65-61)45-23-13-22-44-38-15-6-10-25-52(38)64-60(44)45)41-17-2-4-19-43(41)57(42)50-33-30-36(58-47-20-7-11-26-53(47)66-62(50)58)35-28-29-39-37-14-5-9-24-51(37)63-55(39)34-35/h1-34H. The molecule has 0 saturated carbocycles. The molecule has 0 N–H and O–H groups in total. The van der Waals surface area contributed by atoms with Crippen molar-refractivity contribution in [2.45, 2.75) is 0 Å². The van der Waals surface area contributed by atoms with Crippen LogP contribution in [0.5, 0.6) is 0 Å². The fourth-order valence-corrected chi connectivity index (χ4v) is 11.1. The van der Waals surface area contributed by atoms with Gasteiger partial charge in [-0.05, 0) is 92.3 Å². The van der Waals surface area contributed by atoms with Gasteiger partial charge in [0, 0.05) is 65.3 Å². The zero-order valence-corrected chi connectivity index (χ0v) is 35.3. The number of furan rings is 4. The zero-order chi connectivity index (χ0) is 43.0. The topological polar surface area (TPSA) is 52.6 Å². The van der Waals surface area contributed by atoms with Crippen LogP contribution in [0.3, 0.4) is 0 Å². The molecule has 0 spiro atoms. The lowest BCUT2D eigenvalue weighted by Crippen LogP contribution is -1.93. The summed E-state index contributed by atoms with van der Waals surface area (Å²) < 4.78 is 27.0. The summed E-state index contributed by atoms with van der Waals surface area (Å²) in [6, 6.07) is 73.0. The molecule has 0 aliphatic rings. The van der Waals surface area contributed by atoms with Gasteiger partial charge in [0.05, 0.1) is 0 Å². The number of para-hydroxylation sites is 5. The van der Waals surface area contributed by atoms with E-state index in [9.17, 15) is 0 Å². The van der Waals surface area contributed by atoms with Crippen molar-refractivity contribution in [2.75, 3.05) is 0 Å². The van der Waals surface area contributed by atoms with Gasteiger partial charge >= 0.3 is 0 Å². The van der Waals surface area contributed by atoms with Crippen LogP contribution >= 0.6 is 0 Å². The first-order valence-corrected chi connectivity index (χ1v) is 22.4. The van der Waals surface area contributed by atoms with E-state index in [4.69, 9.17) is 17.7 Å². The number of hydrogen-bond acceptors (Lipinski definition) is 4. The maximum absolute atomic E-state index is 7.01. The fourth-order valence-electron chi connectivity index (χ4n) is 11.1. The van der Waals surface area contributed by atoms with E-state index < -0.39 is 0 Å². The first kappa shape index (κ1) is 35.6. The largest absolute Gasteiger partial charge is 0.456 e. The molecule has 4 heterocycles. The van der Waals surface area contributed by atoms with Crippen LogP contribution in [0.25, 0.3) is 154 Å². The average molecular weight is 843 g/mol. The first-order chi connectivity index (χ1) is 32.7. The second-order valence-electron chi connectivity index (χ2n) is 17.4. The smallest absolute Gasteiger partial charge is 0.144 e. The molecule has 15 rings (SSSR count). The van der Waals surface area contributed by atoms with Crippen molar-refractivity contribution in [1.82, 2.24) is 0 Å². The molecular weight excluding hydrogens is 809 g/mol. The molecule has 66 heavy (non-hydrogen) atoms.